The van der Waals surface area contributed by atoms with E-state index in [1.165, 1.54) is 17.4 Å². The highest BCUT2D eigenvalue weighted by atomic mass is 16.3. The summed E-state index contributed by atoms with van der Waals surface area (Å²) in [6.07, 6.45) is 1.31. The maximum atomic E-state index is 5.96. The van der Waals surface area contributed by atoms with Crippen molar-refractivity contribution in [3.05, 3.63) is 35.6 Å². The average molecular weight is 229 g/mol. The molecule has 1 aromatic carbocycles. The molecule has 0 spiro atoms. The molecule has 3 unspecified atom stereocenters. The third-order valence-electron chi connectivity index (χ3n) is 3.91. The van der Waals surface area contributed by atoms with E-state index in [9.17, 15) is 0 Å². The molecule has 1 aromatic heterocycles. The average Bonchev–Trinajstić information content (AvgIpc) is 2.87. The Morgan fingerprint density at radius 1 is 1.35 bits per heavy atom. The van der Waals surface area contributed by atoms with Gasteiger partial charge in [0.25, 0.3) is 0 Å². The number of rotatable bonds is 3. The van der Waals surface area contributed by atoms with Crippen LogP contribution in [0.2, 0.25) is 0 Å². The molecule has 0 bridgehead atoms. The first-order valence-corrected chi connectivity index (χ1v) is 6.36. The molecular weight excluding hydrogens is 210 g/mol. The highest BCUT2D eigenvalue weighted by Crippen LogP contribution is 2.47. The molecule has 0 aliphatic heterocycles. The number of hydrogen-bond donors (Lipinski definition) is 1. The lowest BCUT2D eigenvalue weighted by Gasteiger charge is -2.12. The Morgan fingerprint density at radius 3 is 2.76 bits per heavy atom. The molecule has 2 aromatic rings. The zero-order valence-electron chi connectivity index (χ0n) is 10.7. The Bertz CT molecular complexity index is 543. The molecule has 1 saturated carbocycles. The smallest absolute Gasteiger partial charge is 0.134 e. The molecule has 3 rings (SSSR count). The van der Waals surface area contributed by atoms with Gasteiger partial charge in [0, 0.05) is 5.39 Å². The molecule has 0 saturated heterocycles. The molecular formula is C15H19NO. The standard InChI is InChI=1S/C15H19NO/c1-9-4-5-13-11(6-9)8-14(17-13)15(16-3)12-7-10(12)2/h4-6,8,10,12,15-16H,7H2,1-3H3. The molecule has 1 aliphatic carbocycles. The minimum atomic E-state index is 0.373. The van der Waals surface area contributed by atoms with Crippen LogP contribution in [0.3, 0.4) is 0 Å². The van der Waals surface area contributed by atoms with Crippen molar-refractivity contribution >= 4 is 11.0 Å². The fraction of sp³-hybridized carbons (Fsp3) is 0.467. The Labute approximate surface area is 102 Å². The molecule has 1 heterocycles. The van der Waals surface area contributed by atoms with Crippen LogP contribution in [0.25, 0.3) is 11.0 Å². The van der Waals surface area contributed by atoms with Crippen molar-refractivity contribution in [1.82, 2.24) is 5.32 Å². The van der Waals surface area contributed by atoms with E-state index < -0.39 is 0 Å². The Morgan fingerprint density at radius 2 is 2.12 bits per heavy atom. The zero-order chi connectivity index (χ0) is 12.0. The highest BCUT2D eigenvalue weighted by molar-refractivity contribution is 5.78. The highest BCUT2D eigenvalue weighted by Gasteiger charge is 2.40. The lowest BCUT2D eigenvalue weighted by atomic mass is 10.1. The van der Waals surface area contributed by atoms with E-state index in [4.69, 9.17) is 4.42 Å². The monoisotopic (exact) mass is 229 g/mol. The van der Waals surface area contributed by atoms with Crippen molar-refractivity contribution in [3.8, 4) is 0 Å². The van der Waals surface area contributed by atoms with Crippen LogP contribution in [0, 0.1) is 18.8 Å². The lowest BCUT2D eigenvalue weighted by Crippen LogP contribution is -2.18. The van der Waals surface area contributed by atoms with Crippen molar-refractivity contribution in [2.45, 2.75) is 26.3 Å². The summed E-state index contributed by atoms with van der Waals surface area (Å²) in [7, 11) is 2.02. The van der Waals surface area contributed by atoms with Crippen molar-refractivity contribution in [3.63, 3.8) is 0 Å². The Hall–Kier alpha value is -1.28. The number of aryl methyl sites for hydroxylation is 1. The molecule has 90 valence electrons. The minimum absolute atomic E-state index is 0.373. The van der Waals surface area contributed by atoms with Gasteiger partial charge in [-0.3, -0.25) is 0 Å². The van der Waals surface area contributed by atoms with Gasteiger partial charge in [0.05, 0.1) is 6.04 Å². The third-order valence-corrected chi connectivity index (χ3v) is 3.91. The molecule has 1 fully saturated rings. The van der Waals surface area contributed by atoms with Gasteiger partial charge in [-0.15, -0.1) is 0 Å². The van der Waals surface area contributed by atoms with Crippen LogP contribution >= 0.6 is 0 Å². The molecule has 17 heavy (non-hydrogen) atoms. The first kappa shape index (κ1) is 10.8. The summed E-state index contributed by atoms with van der Waals surface area (Å²) in [4.78, 5) is 0. The fourth-order valence-corrected chi connectivity index (χ4v) is 2.72. The quantitative estimate of drug-likeness (QED) is 0.869. The van der Waals surface area contributed by atoms with Gasteiger partial charge < -0.3 is 9.73 Å². The van der Waals surface area contributed by atoms with Crippen molar-refractivity contribution in [2.75, 3.05) is 7.05 Å². The number of fused-ring (bicyclic) bond motifs is 1. The van der Waals surface area contributed by atoms with Gasteiger partial charge in [-0.2, -0.15) is 0 Å². The topological polar surface area (TPSA) is 25.2 Å². The van der Waals surface area contributed by atoms with Crippen LogP contribution in [0.15, 0.2) is 28.7 Å². The van der Waals surface area contributed by atoms with E-state index in [0.717, 1.165) is 23.2 Å². The Balaban J connectivity index is 1.99. The molecule has 2 heteroatoms. The molecule has 0 radical (unpaired) electrons. The van der Waals surface area contributed by atoms with Crippen molar-refractivity contribution in [2.24, 2.45) is 11.8 Å². The summed E-state index contributed by atoms with van der Waals surface area (Å²) < 4.78 is 5.96. The van der Waals surface area contributed by atoms with Crippen LogP contribution < -0.4 is 5.32 Å². The summed E-state index contributed by atoms with van der Waals surface area (Å²) >= 11 is 0. The second kappa shape index (κ2) is 3.88. The van der Waals surface area contributed by atoms with E-state index >= 15 is 0 Å². The van der Waals surface area contributed by atoms with Gasteiger partial charge in [0.1, 0.15) is 11.3 Å². The lowest BCUT2D eigenvalue weighted by molar-refractivity contribution is 0.407. The first-order chi connectivity index (χ1) is 8.19. The number of furan rings is 1. The number of hydrogen-bond acceptors (Lipinski definition) is 2. The normalized spacial score (nSPS) is 25.1. The van der Waals surface area contributed by atoms with Gasteiger partial charge in [-0.1, -0.05) is 18.6 Å². The molecule has 2 nitrogen and oxygen atoms in total. The van der Waals surface area contributed by atoms with Crippen LogP contribution in [-0.4, -0.2) is 7.05 Å². The predicted octanol–water partition coefficient (Wildman–Crippen LogP) is 3.66. The fourth-order valence-electron chi connectivity index (χ4n) is 2.72. The molecule has 1 N–H and O–H groups in total. The van der Waals surface area contributed by atoms with Crippen LogP contribution in [0.1, 0.15) is 30.7 Å². The van der Waals surface area contributed by atoms with Crippen molar-refractivity contribution in [1.29, 1.82) is 0 Å². The SMILES string of the molecule is CNC(c1cc2cc(C)ccc2o1)C1CC1C. The summed E-state index contributed by atoms with van der Waals surface area (Å²) in [6, 6.07) is 8.92. The minimum Gasteiger partial charge on any atom is -0.459 e. The first-order valence-electron chi connectivity index (χ1n) is 6.36. The molecule has 0 amide bonds. The second-order valence-electron chi connectivity index (χ2n) is 5.33. The van der Waals surface area contributed by atoms with E-state index in [-0.39, 0.29) is 0 Å². The van der Waals surface area contributed by atoms with E-state index in [1.807, 2.05) is 7.05 Å². The second-order valence-corrected chi connectivity index (χ2v) is 5.33. The zero-order valence-corrected chi connectivity index (χ0v) is 10.7. The maximum absolute atomic E-state index is 5.96. The summed E-state index contributed by atoms with van der Waals surface area (Å²) in [5, 5.41) is 4.61. The van der Waals surface area contributed by atoms with Gasteiger partial charge >= 0.3 is 0 Å². The van der Waals surface area contributed by atoms with E-state index in [0.29, 0.717) is 6.04 Å². The van der Waals surface area contributed by atoms with E-state index in [2.05, 4.69) is 43.4 Å². The summed E-state index contributed by atoms with van der Waals surface area (Å²) in [6.45, 7) is 4.42. The summed E-state index contributed by atoms with van der Waals surface area (Å²) in [5.41, 5.74) is 2.28. The maximum Gasteiger partial charge on any atom is 0.134 e. The summed E-state index contributed by atoms with van der Waals surface area (Å²) in [5.74, 6) is 2.64. The number of benzene rings is 1. The van der Waals surface area contributed by atoms with E-state index in [1.54, 1.807) is 0 Å². The van der Waals surface area contributed by atoms with Crippen LogP contribution in [0.4, 0.5) is 0 Å². The van der Waals surface area contributed by atoms with Gasteiger partial charge in [0.15, 0.2) is 0 Å². The molecule has 1 aliphatic rings. The molecule has 3 atom stereocenters. The van der Waals surface area contributed by atoms with Gasteiger partial charge in [-0.25, -0.2) is 0 Å². The largest absolute Gasteiger partial charge is 0.459 e. The van der Waals surface area contributed by atoms with Crippen molar-refractivity contribution < 1.29 is 4.42 Å². The predicted molar refractivity (Wildman–Crippen MR) is 70.0 cm³/mol. The van der Waals surface area contributed by atoms with Gasteiger partial charge in [0.2, 0.25) is 0 Å². The van der Waals surface area contributed by atoms with Crippen LogP contribution in [0.5, 0.6) is 0 Å². The number of nitrogens with one attached hydrogen (secondary N) is 1. The van der Waals surface area contributed by atoms with Crippen LogP contribution in [-0.2, 0) is 0 Å². The third kappa shape index (κ3) is 1.87. The Kier molecular flexibility index (Phi) is 2.48. The van der Waals surface area contributed by atoms with Gasteiger partial charge in [-0.05, 0) is 50.4 Å².